The Labute approximate surface area is 110 Å². The summed E-state index contributed by atoms with van der Waals surface area (Å²) in [5.41, 5.74) is 4.29. The third-order valence-electron chi connectivity index (χ3n) is 2.94. The van der Waals surface area contributed by atoms with Crippen LogP contribution in [0.3, 0.4) is 0 Å². The molecule has 0 aliphatic heterocycles. The summed E-state index contributed by atoms with van der Waals surface area (Å²) < 4.78 is 14.0. The van der Waals surface area contributed by atoms with Gasteiger partial charge >= 0.3 is 0 Å². The van der Waals surface area contributed by atoms with Crippen LogP contribution in [-0.2, 0) is 0 Å². The van der Waals surface area contributed by atoms with Crippen LogP contribution >= 0.6 is 0 Å². The molecule has 1 aromatic carbocycles. The van der Waals surface area contributed by atoms with Crippen LogP contribution in [0.2, 0.25) is 0 Å². The molecule has 96 valence electrons. The van der Waals surface area contributed by atoms with Gasteiger partial charge in [-0.05, 0) is 42.5 Å². The summed E-state index contributed by atoms with van der Waals surface area (Å²) in [6.07, 6.45) is 1.93. The van der Waals surface area contributed by atoms with E-state index in [1.54, 1.807) is 6.07 Å². The molecular weight excluding hydrogens is 223 g/mol. The standard InChI is InChI=1S/C17H21F/c1-11(2)14(6)10-16(12(3)4)15-8-7-13(5)9-17(15)18/h7-10,12H,1,6H2,2-5H3/b16-10+. The predicted octanol–water partition coefficient (Wildman–Crippen LogP) is 5.31. The molecule has 0 fully saturated rings. The second kappa shape index (κ2) is 5.81. The number of rotatable bonds is 4. The van der Waals surface area contributed by atoms with E-state index in [0.29, 0.717) is 5.56 Å². The van der Waals surface area contributed by atoms with Crippen molar-refractivity contribution in [1.29, 1.82) is 0 Å². The van der Waals surface area contributed by atoms with Crippen LogP contribution in [-0.4, -0.2) is 0 Å². The van der Waals surface area contributed by atoms with E-state index >= 15 is 0 Å². The van der Waals surface area contributed by atoms with Crippen LogP contribution in [0.25, 0.3) is 5.57 Å². The molecule has 1 rings (SSSR count). The molecule has 0 unspecified atom stereocenters. The normalized spacial score (nSPS) is 11.8. The lowest BCUT2D eigenvalue weighted by atomic mass is 9.91. The highest BCUT2D eigenvalue weighted by molar-refractivity contribution is 5.71. The lowest BCUT2D eigenvalue weighted by Gasteiger charge is -2.14. The van der Waals surface area contributed by atoms with Gasteiger partial charge < -0.3 is 0 Å². The number of benzene rings is 1. The molecule has 0 aromatic heterocycles. The van der Waals surface area contributed by atoms with Crippen molar-refractivity contribution in [3.63, 3.8) is 0 Å². The second-order valence-corrected chi connectivity index (χ2v) is 5.04. The third-order valence-corrected chi connectivity index (χ3v) is 2.94. The van der Waals surface area contributed by atoms with Crippen molar-refractivity contribution >= 4 is 5.57 Å². The summed E-state index contributed by atoms with van der Waals surface area (Å²) in [5, 5.41) is 0. The first-order valence-electron chi connectivity index (χ1n) is 6.15. The zero-order valence-electron chi connectivity index (χ0n) is 11.7. The summed E-state index contributed by atoms with van der Waals surface area (Å²) in [5.74, 6) is 0.0581. The van der Waals surface area contributed by atoms with E-state index in [1.165, 1.54) is 0 Å². The van der Waals surface area contributed by atoms with E-state index in [4.69, 9.17) is 0 Å². The van der Waals surface area contributed by atoms with Crippen LogP contribution in [0.4, 0.5) is 4.39 Å². The maximum atomic E-state index is 14.0. The molecule has 0 amide bonds. The monoisotopic (exact) mass is 244 g/mol. The van der Waals surface area contributed by atoms with E-state index in [1.807, 2.05) is 32.1 Å². The summed E-state index contributed by atoms with van der Waals surface area (Å²) in [6.45, 7) is 15.7. The van der Waals surface area contributed by atoms with Gasteiger partial charge in [0.25, 0.3) is 0 Å². The van der Waals surface area contributed by atoms with Crippen molar-refractivity contribution < 1.29 is 4.39 Å². The number of hydrogen-bond acceptors (Lipinski definition) is 0. The van der Waals surface area contributed by atoms with Gasteiger partial charge in [0.15, 0.2) is 0 Å². The lowest BCUT2D eigenvalue weighted by Crippen LogP contribution is -1.98. The Bertz CT molecular complexity index is 504. The molecular formula is C17H21F. The van der Waals surface area contributed by atoms with Crippen molar-refractivity contribution in [1.82, 2.24) is 0 Å². The quantitative estimate of drug-likeness (QED) is 0.630. The third kappa shape index (κ3) is 3.43. The first-order valence-corrected chi connectivity index (χ1v) is 6.15. The van der Waals surface area contributed by atoms with Gasteiger partial charge in [0.2, 0.25) is 0 Å². The van der Waals surface area contributed by atoms with Crippen molar-refractivity contribution in [2.75, 3.05) is 0 Å². The van der Waals surface area contributed by atoms with Gasteiger partial charge in [-0.2, -0.15) is 0 Å². The van der Waals surface area contributed by atoms with Crippen LogP contribution in [0.5, 0.6) is 0 Å². The van der Waals surface area contributed by atoms with Gasteiger partial charge in [-0.15, -0.1) is 0 Å². The minimum atomic E-state index is -0.176. The molecule has 0 saturated carbocycles. The first kappa shape index (κ1) is 14.4. The number of halogens is 1. The van der Waals surface area contributed by atoms with Crippen LogP contribution in [0, 0.1) is 18.7 Å². The SMILES string of the molecule is C=C(C)C(=C)/C=C(/c1ccc(C)cc1F)C(C)C. The summed E-state index contributed by atoms with van der Waals surface area (Å²) >= 11 is 0. The van der Waals surface area contributed by atoms with Crippen LogP contribution in [0.15, 0.2) is 48.6 Å². The Morgan fingerprint density at radius 2 is 1.89 bits per heavy atom. The second-order valence-electron chi connectivity index (χ2n) is 5.04. The summed E-state index contributed by atoms with van der Waals surface area (Å²) in [6, 6.07) is 5.33. The molecule has 0 heterocycles. The molecule has 0 aliphatic carbocycles. The summed E-state index contributed by atoms with van der Waals surface area (Å²) in [7, 11) is 0. The van der Waals surface area contributed by atoms with Gasteiger partial charge in [0, 0.05) is 5.56 Å². The zero-order valence-corrected chi connectivity index (χ0v) is 11.7. The molecule has 1 aromatic rings. The van der Waals surface area contributed by atoms with Gasteiger partial charge in [-0.25, -0.2) is 4.39 Å². The maximum absolute atomic E-state index is 14.0. The minimum Gasteiger partial charge on any atom is -0.206 e. The lowest BCUT2D eigenvalue weighted by molar-refractivity contribution is 0.619. The number of allylic oxidation sites excluding steroid dienone is 4. The highest BCUT2D eigenvalue weighted by Gasteiger charge is 2.12. The molecule has 18 heavy (non-hydrogen) atoms. The molecule has 1 heteroatoms. The fourth-order valence-corrected chi connectivity index (χ4v) is 1.72. The molecule has 0 atom stereocenters. The Hall–Kier alpha value is -1.63. The average molecular weight is 244 g/mol. The molecule has 0 radical (unpaired) electrons. The van der Waals surface area contributed by atoms with Gasteiger partial charge in [0.1, 0.15) is 5.82 Å². The molecule has 0 spiro atoms. The highest BCUT2D eigenvalue weighted by atomic mass is 19.1. The van der Waals surface area contributed by atoms with Crippen LogP contribution < -0.4 is 0 Å². The van der Waals surface area contributed by atoms with E-state index in [-0.39, 0.29) is 11.7 Å². The Morgan fingerprint density at radius 1 is 1.28 bits per heavy atom. The van der Waals surface area contributed by atoms with Gasteiger partial charge in [-0.1, -0.05) is 50.8 Å². The number of hydrogen-bond donors (Lipinski definition) is 0. The van der Waals surface area contributed by atoms with Gasteiger partial charge in [0.05, 0.1) is 0 Å². The largest absolute Gasteiger partial charge is 0.206 e. The number of aryl methyl sites for hydroxylation is 1. The molecule has 0 N–H and O–H groups in total. The van der Waals surface area contributed by atoms with Crippen molar-refractivity contribution in [2.24, 2.45) is 5.92 Å². The molecule has 0 aliphatic rings. The summed E-state index contributed by atoms with van der Waals surface area (Å²) in [4.78, 5) is 0. The first-order chi connectivity index (χ1) is 8.32. The fraction of sp³-hybridized carbons (Fsp3) is 0.294. The van der Waals surface area contributed by atoms with Crippen molar-refractivity contribution in [3.05, 3.63) is 65.5 Å². The Kier molecular flexibility index (Phi) is 4.66. The van der Waals surface area contributed by atoms with Crippen molar-refractivity contribution in [3.8, 4) is 0 Å². The Morgan fingerprint density at radius 3 is 2.33 bits per heavy atom. The maximum Gasteiger partial charge on any atom is 0.130 e. The fourth-order valence-electron chi connectivity index (χ4n) is 1.72. The van der Waals surface area contributed by atoms with E-state index in [2.05, 4.69) is 27.0 Å². The topological polar surface area (TPSA) is 0 Å². The van der Waals surface area contributed by atoms with E-state index < -0.39 is 0 Å². The average Bonchev–Trinajstić information content (AvgIpc) is 2.26. The smallest absolute Gasteiger partial charge is 0.130 e. The van der Waals surface area contributed by atoms with E-state index in [9.17, 15) is 4.39 Å². The van der Waals surface area contributed by atoms with Crippen LogP contribution in [0.1, 0.15) is 31.9 Å². The Balaban J connectivity index is 3.29. The minimum absolute atomic E-state index is 0.176. The van der Waals surface area contributed by atoms with Gasteiger partial charge in [-0.3, -0.25) is 0 Å². The van der Waals surface area contributed by atoms with E-state index in [0.717, 1.165) is 22.3 Å². The zero-order chi connectivity index (χ0) is 13.9. The van der Waals surface area contributed by atoms with Crippen molar-refractivity contribution in [2.45, 2.75) is 27.7 Å². The molecule has 0 bridgehead atoms. The molecule has 0 saturated heterocycles. The molecule has 0 nitrogen and oxygen atoms in total. The predicted molar refractivity (Wildman–Crippen MR) is 77.9 cm³/mol. The highest BCUT2D eigenvalue weighted by Crippen LogP contribution is 2.28.